The van der Waals surface area contributed by atoms with Crippen LogP contribution in [-0.2, 0) is 0 Å². The molecule has 1 heterocycles. The first-order valence-corrected chi connectivity index (χ1v) is 5.47. The monoisotopic (exact) mass is 221 g/mol. The van der Waals surface area contributed by atoms with Crippen molar-refractivity contribution < 1.29 is 0 Å². The molecule has 15 heavy (non-hydrogen) atoms. The highest BCUT2D eigenvalue weighted by atomic mass is 35.5. The van der Waals surface area contributed by atoms with Crippen molar-refractivity contribution >= 4 is 17.4 Å². The molecule has 1 aromatic heterocycles. The highest BCUT2D eigenvalue weighted by Gasteiger charge is 2.30. The number of anilines is 1. The smallest absolute Gasteiger partial charge is 0.148 e. The molecular formula is C11H12ClN3. The average Bonchev–Trinajstić information content (AvgIpc) is 3.06. The minimum atomic E-state index is 0.480. The molecule has 0 aromatic carbocycles. The van der Waals surface area contributed by atoms with E-state index in [4.69, 9.17) is 16.9 Å². The van der Waals surface area contributed by atoms with Gasteiger partial charge in [0.1, 0.15) is 16.9 Å². The van der Waals surface area contributed by atoms with Crippen LogP contribution in [0.15, 0.2) is 12.3 Å². The Morgan fingerprint density at radius 3 is 2.93 bits per heavy atom. The van der Waals surface area contributed by atoms with Crippen LogP contribution >= 0.6 is 11.6 Å². The third kappa shape index (κ3) is 1.91. The van der Waals surface area contributed by atoms with E-state index in [9.17, 15) is 0 Å². The van der Waals surface area contributed by atoms with Gasteiger partial charge in [0.05, 0.1) is 5.56 Å². The van der Waals surface area contributed by atoms with Crippen LogP contribution in [0.1, 0.15) is 25.3 Å². The molecule has 1 aliphatic carbocycles. The number of aromatic nitrogens is 1. The lowest BCUT2D eigenvalue weighted by atomic mass is 10.2. The lowest BCUT2D eigenvalue weighted by Crippen LogP contribution is -2.26. The second-order valence-corrected chi connectivity index (χ2v) is 4.00. The molecule has 0 atom stereocenters. The van der Waals surface area contributed by atoms with Crippen molar-refractivity contribution in [1.29, 1.82) is 5.26 Å². The van der Waals surface area contributed by atoms with Gasteiger partial charge < -0.3 is 4.90 Å². The molecule has 0 spiro atoms. The largest absolute Gasteiger partial charge is 0.353 e. The van der Waals surface area contributed by atoms with Gasteiger partial charge in [-0.15, -0.1) is 0 Å². The van der Waals surface area contributed by atoms with Crippen LogP contribution in [0.3, 0.4) is 0 Å². The Bertz CT molecular complexity index is 407. The zero-order valence-electron chi connectivity index (χ0n) is 8.57. The highest BCUT2D eigenvalue weighted by molar-refractivity contribution is 6.34. The van der Waals surface area contributed by atoms with E-state index >= 15 is 0 Å². The Kier molecular flexibility index (Phi) is 2.79. The summed E-state index contributed by atoms with van der Waals surface area (Å²) in [5, 5.41) is 9.35. The Morgan fingerprint density at radius 1 is 1.67 bits per heavy atom. The molecular weight excluding hydrogens is 210 g/mol. The summed E-state index contributed by atoms with van der Waals surface area (Å²) in [6.07, 6.45) is 4.04. The topological polar surface area (TPSA) is 39.9 Å². The predicted octanol–water partition coefficient (Wildman–Crippen LogP) is 2.60. The van der Waals surface area contributed by atoms with E-state index in [1.807, 2.05) is 0 Å². The SMILES string of the molecule is CCN(c1nccc(C#N)c1Cl)C1CC1. The van der Waals surface area contributed by atoms with Crippen molar-refractivity contribution in [1.82, 2.24) is 4.98 Å². The van der Waals surface area contributed by atoms with Crippen LogP contribution in [0.25, 0.3) is 0 Å². The van der Waals surface area contributed by atoms with E-state index in [1.165, 1.54) is 12.8 Å². The van der Waals surface area contributed by atoms with E-state index in [0.717, 1.165) is 12.4 Å². The van der Waals surface area contributed by atoms with Gasteiger partial charge in [-0.05, 0) is 25.8 Å². The van der Waals surface area contributed by atoms with Crippen molar-refractivity contribution in [2.45, 2.75) is 25.8 Å². The standard InChI is InChI=1S/C11H12ClN3/c1-2-15(9-3-4-9)11-10(12)8(7-13)5-6-14-11/h5-6,9H,2-4H2,1H3. The molecule has 0 unspecified atom stereocenters. The van der Waals surface area contributed by atoms with E-state index < -0.39 is 0 Å². The minimum absolute atomic E-state index is 0.480. The molecule has 1 aromatic rings. The number of hydrogen-bond acceptors (Lipinski definition) is 3. The van der Waals surface area contributed by atoms with Crippen LogP contribution in [-0.4, -0.2) is 17.6 Å². The normalized spacial score (nSPS) is 14.7. The van der Waals surface area contributed by atoms with Crippen LogP contribution < -0.4 is 4.90 Å². The van der Waals surface area contributed by atoms with Crippen molar-refractivity contribution in [2.24, 2.45) is 0 Å². The van der Waals surface area contributed by atoms with Crippen molar-refractivity contribution in [3.8, 4) is 6.07 Å². The zero-order valence-corrected chi connectivity index (χ0v) is 9.33. The zero-order chi connectivity index (χ0) is 10.8. The Hall–Kier alpha value is -1.27. The molecule has 78 valence electrons. The summed E-state index contributed by atoms with van der Waals surface area (Å²) in [6.45, 7) is 2.96. The summed E-state index contributed by atoms with van der Waals surface area (Å²) in [5.41, 5.74) is 0.501. The van der Waals surface area contributed by atoms with Gasteiger partial charge in [0, 0.05) is 18.8 Å². The maximum atomic E-state index is 8.87. The Morgan fingerprint density at radius 2 is 2.40 bits per heavy atom. The quantitative estimate of drug-likeness (QED) is 0.788. The lowest BCUT2D eigenvalue weighted by Gasteiger charge is -2.22. The van der Waals surface area contributed by atoms with Gasteiger partial charge in [-0.1, -0.05) is 11.6 Å². The summed E-state index contributed by atoms with van der Waals surface area (Å²) in [5.74, 6) is 0.751. The van der Waals surface area contributed by atoms with Gasteiger partial charge >= 0.3 is 0 Å². The lowest BCUT2D eigenvalue weighted by molar-refractivity contribution is 0.808. The maximum absolute atomic E-state index is 8.87. The summed E-state index contributed by atoms with van der Waals surface area (Å²) >= 11 is 6.13. The van der Waals surface area contributed by atoms with E-state index in [2.05, 4.69) is 22.9 Å². The molecule has 0 amide bonds. The fourth-order valence-corrected chi connectivity index (χ4v) is 1.95. The third-order valence-corrected chi connectivity index (χ3v) is 2.96. The van der Waals surface area contributed by atoms with Gasteiger partial charge in [0.2, 0.25) is 0 Å². The van der Waals surface area contributed by atoms with E-state index in [-0.39, 0.29) is 0 Å². The highest BCUT2D eigenvalue weighted by Crippen LogP contribution is 2.34. The first-order valence-electron chi connectivity index (χ1n) is 5.09. The van der Waals surface area contributed by atoms with Gasteiger partial charge in [-0.2, -0.15) is 5.26 Å². The first-order chi connectivity index (χ1) is 7.27. The molecule has 0 aliphatic heterocycles. The predicted molar refractivity (Wildman–Crippen MR) is 60.0 cm³/mol. The Balaban J connectivity index is 2.38. The number of nitriles is 1. The molecule has 0 radical (unpaired) electrons. The second-order valence-electron chi connectivity index (χ2n) is 3.63. The molecule has 1 saturated carbocycles. The van der Waals surface area contributed by atoms with E-state index in [1.54, 1.807) is 12.3 Å². The van der Waals surface area contributed by atoms with Gasteiger partial charge in [-0.3, -0.25) is 0 Å². The number of nitrogens with zero attached hydrogens (tertiary/aromatic N) is 3. The second kappa shape index (κ2) is 4.08. The van der Waals surface area contributed by atoms with E-state index in [0.29, 0.717) is 16.6 Å². The third-order valence-electron chi connectivity index (χ3n) is 2.59. The fourth-order valence-electron chi connectivity index (χ4n) is 1.69. The number of pyridine rings is 1. The van der Waals surface area contributed by atoms with Crippen molar-refractivity contribution in [2.75, 3.05) is 11.4 Å². The van der Waals surface area contributed by atoms with Gasteiger partial charge in [0.15, 0.2) is 0 Å². The molecule has 3 nitrogen and oxygen atoms in total. The first kappa shape index (κ1) is 10.3. The molecule has 0 N–H and O–H groups in total. The van der Waals surface area contributed by atoms with Gasteiger partial charge in [0.25, 0.3) is 0 Å². The van der Waals surface area contributed by atoms with Crippen LogP contribution in [0.2, 0.25) is 5.02 Å². The van der Waals surface area contributed by atoms with Gasteiger partial charge in [-0.25, -0.2) is 4.98 Å². The van der Waals surface area contributed by atoms with Crippen LogP contribution in [0.4, 0.5) is 5.82 Å². The maximum Gasteiger partial charge on any atom is 0.148 e. The molecule has 4 heteroatoms. The molecule has 0 saturated heterocycles. The van der Waals surface area contributed by atoms with Crippen molar-refractivity contribution in [3.63, 3.8) is 0 Å². The molecule has 0 bridgehead atoms. The van der Waals surface area contributed by atoms with Crippen LogP contribution in [0, 0.1) is 11.3 Å². The number of hydrogen-bond donors (Lipinski definition) is 0. The molecule has 1 fully saturated rings. The minimum Gasteiger partial charge on any atom is -0.353 e. The fraction of sp³-hybridized carbons (Fsp3) is 0.455. The molecule has 1 aliphatic rings. The molecule has 2 rings (SSSR count). The Labute approximate surface area is 94.3 Å². The number of rotatable bonds is 3. The summed E-state index contributed by atoms with van der Waals surface area (Å²) < 4.78 is 0. The van der Waals surface area contributed by atoms with Crippen LogP contribution in [0.5, 0.6) is 0 Å². The average molecular weight is 222 g/mol. The summed E-state index contributed by atoms with van der Waals surface area (Å²) in [4.78, 5) is 6.43. The number of halogens is 1. The van der Waals surface area contributed by atoms with Crippen molar-refractivity contribution in [3.05, 3.63) is 22.8 Å². The summed E-state index contributed by atoms with van der Waals surface area (Å²) in [6, 6.07) is 4.28. The summed E-state index contributed by atoms with van der Waals surface area (Å²) in [7, 11) is 0.